The number of benzene rings is 2. The molecule has 0 unspecified atom stereocenters. The van der Waals surface area contributed by atoms with Gasteiger partial charge in [-0.15, -0.1) is 0 Å². The average molecular weight is 212 g/mol. The van der Waals surface area contributed by atoms with Crippen LogP contribution in [0.15, 0.2) is 36.4 Å². The summed E-state index contributed by atoms with van der Waals surface area (Å²) in [5, 5.41) is 9.63. The SMILES string of the molecule is Oc1ccc(C(F)(F)F)c2ccccc12. The first-order chi connectivity index (χ1) is 7.00. The Balaban J connectivity index is 2.84. The molecule has 2 rings (SSSR count). The zero-order valence-corrected chi connectivity index (χ0v) is 7.55. The molecule has 2 aromatic rings. The van der Waals surface area contributed by atoms with Crippen LogP contribution < -0.4 is 0 Å². The van der Waals surface area contributed by atoms with Gasteiger partial charge in [-0.3, -0.25) is 0 Å². The Morgan fingerprint density at radius 1 is 0.867 bits per heavy atom. The van der Waals surface area contributed by atoms with Gasteiger partial charge in [0, 0.05) is 5.39 Å². The van der Waals surface area contributed by atoms with Crippen molar-refractivity contribution < 1.29 is 18.3 Å². The lowest BCUT2D eigenvalue weighted by atomic mass is 10.0. The summed E-state index contributed by atoms with van der Waals surface area (Å²) in [6, 6.07) is 7.85. The highest BCUT2D eigenvalue weighted by Gasteiger charge is 2.32. The summed E-state index contributed by atoms with van der Waals surface area (Å²) >= 11 is 0. The van der Waals surface area contributed by atoms with E-state index < -0.39 is 11.7 Å². The normalized spacial score (nSPS) is 11.9. The predicted molar refractivity (Wildman–Crippen MR) is 50.6 cm³/mol. The van der Waals surface area contributed by atoms with Crippen LogP contribution in [0.3, 0.4) is 0 Å². The molecule has 0 heterocycles. The van der Waals surface area contributed by atoms with E-state index in [2.05, 4.69) is 0 Å². The zero-order chi connectivity index (χ0) is 11.1. The minimum atomic E-state index is -4.40. The number of aromatic hydroxyl groups is 1. The molecule has 0 aliphatic carbocycles. The highest BCUT2D eigenvalue weighted by Crippen LogP contribution is 2.37. The number of hydrogen-bond donors (Lipinski definition) is 1. The van der Waals surface area contributed by atoms with E-state index in [1.807, 2.05) is 0 Å². The molecule has 0 saturated carbocycles. The van der Waals surface area contributed by atoms with Gasteiger partial charge in [-0.05, 0) is 17.5 Å². The van der Waals surface area contributed by atoms with Gasteiger partial charge in [0.05, 0.1) is 5.56 Å². The maximum atomic E-state index is 12.6. The minimum Gasteiger partial charge on any atom is -0.507 e. The Morgan fingerprint density at radius 2 is 1.47 bits per heavy atom. The number of phenolic OH excluding ortho intramolecular Hbond substituents is 1. The fraction of sp³-hybridized carbons (Fsp3) is 0.0909. The van der Waals surface area contributed by atoms with Crippen molar-refractivity contribution >= 4 is 10.8 Å². The van der Waals surface area contributed by atoms with Gasteiger partial charge in [-0.25, -0.2) is 0 Å². The van der Waals surface area contributed by atoms with E-state index in [1.54, 1.807) is 6.07 Å². The second-order valence-electron chi connectivity index (χ2n) is 3.18. The summed E-state index contributed by atoms with van der Waals surface area (Å²) in [5.41, 5.74) is -0.726. The van der Waals surface area contributed by atoms with Gasteiger partial charge < -0.3 is 5.11 Å². The van der Waals surface area contributed by atoms with Crippen molar-refractivity contribution in [2.45, 2.75) is 6.18 Å². The maximum absolute atomic E-state index is 12.6. The first-order valence-electron chi connectivity index (χ1n) is 4.28. The van der Waals surface area contributed by atoms with Crippen molar-refractivity contribution in [3.8, 4) is 5.75 Å². The number of fused-ring (bicyclic) bond motifs is 1. The molecule has 1 nitrogen and oxygen atoms in total. The number of rotatable bonds is 0. The van der Waals surface area contributed by atoms with Gasteiger partial charge >= 0.3 is 6.18 Å². The monoisotopic (exact) mass is 212 g/mol. The second kappa shape index (κ2) is 3.15. The van der Waals surface area contributed by atoms with E-state index in [9.17, 15) is 18.3 Å². The highest BCUT2D eigenvalue weighted by atomic mass is 19.4. The Hall–Kier alpha value is -1.71. The molecule has 0 saturated heterocycles. The molecule has 0 aromatic heterocycles. The summed E-state index contributed by atoms with van der Waals surface area (Å²) in [6.07, 6.45) is -4.40. The largest absolute Gasteiger partial charge is 0.507 e. The zero-order valence-electron chi connectivity index (χ0n) is 7.55. The standard InChI is InChI=1S/C11H7F3O/c12-11(13,14)9-5-6-10(15)8-4-2-1-3-7(8)9/h1-6,15H. The summed E-state index contributed by atoms with van der Waals surface area (Å²) in [5.74, 6) is -0.140. The van der Waals surface area contributed by atoms with Gasteiger partial charge in [0.2, 0.25) is 0 Å². The third-order valence-corrected chi connectivity index (χ3v) is 2.21. The lowest BCUT2D eigenvalue weighted by Gasteiger charge is -2.10. The number of alkyl halides is 3. The highest BCUT2D eigenvalue weighted by molar-refractivity contribution is 5.91. The van der Waals surface area contributed by atoms with Crippen LogP contribution in [0.5, 0.6) is 5.75 Å². The fourth-order valence-corrected chi connectivity index (χ4v) is 1.53. The van der Waals surface area contributed by atoms with Crippen LogP contribution in [0.1, 0.15) is 5.56 Å². The van der Waals surface area contributed by atoms with Crippen molar-refractivity contribution in [3.05, 3.63) is 42.0 Å². The Morgan fingerprint density at radius 3 is 2.07 bits per heavy atom. The molecule has 0 aliphatic rings. The molecule has 15 heavy (non-hydrogen) atoms. The van der Waals surface area contributed by atoms with E-state index >= 15 is 0 Å². The molecule has 4 heteroatoms. The molecule has 78 valence electrons. The van der Waals surface area contributed by atoms with Crippen LogP contribution in [-0.2, 0) is 6.18 Å². The summed E-state index contributed by atoms with van der Waals surface area (Å²) in [4.78, 5) is 0. The summed E-state index contributed by atoms with van der Waals surface area (Å²) < 4.78 is 37.7. The first kappa shape index (κ1) is 9.83. The summed E-state index contributed by atoms with van der Waals surface area (Å²) in [6.45, 7) is 0. The smallest absolute Gasteiger partial charge is 0.417 e. The van der Waals surface area contributed by atoms with E-state index in [-0.39, 0.29) is 16.5 Å². The minimum absolute atomic E-state index is 0.0185. The van der Waals surface area contributed by atoms with Gasteiger partial charge in [-0.2, -0.15) is 13.2 Å². The first-order valence-corrected chi connectivity index (χ1v) is 4.28. The van der Waals surface area contributed by atoms with Crippen molar-refractivity contribution in [1.29, 1.82) is 0 Å². The molecule has 0 fully saturated rings. The van der Waals surface area contributed by atoms with Gasteiger partial charge in [0.25, 0.3) is 0 Å². The molecule has 0 aliphatic heterocycles. The topological polar surface area (TPSA) is 20.2 Å². The Bertz CT molecular complexity index is 503. The molecule has 1 N–H and O–H groups in total. The van der Waals surface area contributed by atoms with Gasteiger partial charge in [-0.1, -0.05) is 24.3 Å². The number of halogens is 3. The van der Waals surface area contributed by atoms with E-state index in [0.29, 0.717) is 0 Å². The second-order valence-corrected chi connectivity index (χ2v) is 3.18. The van der Waals surface area contributed by atoms with Crippen molar-refractivity contribution in [2.24, 2.45) is 0 Å². The van der Waals surface area contributed by atoms with E-state index in [0.717, 1.165) is 12.1 Å². The van der Waals surface area contributed by atoms with Crippen LogP contribution >= 0.6 is 0 Å². The molecule has 0 atom stereocenters. The predicted octanol–water partition coefficient (Wildman–Crippen LogP) is 3.56. The van der Waals surface area contributed by atoms with Crippen LogP contribution in [0.4, 0.5) is 13.2 Å². The van der Waals surface area contributed by atoms with Gasteiger partial charge in [0.1, 0.15) is 5.75 Å². The average Bonchev–Trinajstić information content (AvgIpc) is 2.17. The van der Waals surface area contributed by atoms with Crippen molar-refractivity contribution in [2.75, 3.05) is 0 Å². The van der Waals surface area contributed by atoms with Crippen LogP contribution in [0, 0.1) is 0 Å². The van der Waals surface area contributed by atoms with E-state index in [1.165, 1.54) is 18.2 Å². The quantitative estimate of drug-likeness (QED) is 0.707. The molecule has 0 spiro atoms. The summed E-state index contributed by atoms with van der Waals surface area (Å²) in [7, 11) is 0. The van der Waals surface area contributed by atoms with Crippen molar-refractivity contribution in [3.63, 3.8) is 0 Å². The van der Waals surface area contributed by atoms with Crippen LogP contribution in [0.2, 0.25) is 0 Å². The maximum Gasteiger partial charge on any atom is 0.417 e. The molecule has 0 radical (unpaired) electrons. The molecule has 0 amide bonds. The number of hydrogen-bond acceptors (Lipinski definition) is 1. The van der Waals surface area contributed by atoms with Gasteiger partial charge in [0.15, 0.2) is 0 Å². The molecular formula is C11H7F3O. The fourth-order valence-electron chi connectivity index (χ4n) is 1.53. The molecule has 0 bridgehead atoms. The molecular weight excluding hydrogens is 205 g/mol. The third kappa shape index (κ3) is 1.63. The Labute approximate surface area is 83.8 Å². The van der Waals surface area contributed by atoms with Crippen LogP contribution in [0.25, 0.3) is 10.8 Å². The van der Waals surface area contributed by atoms with E-state index in [4.69, 9.17) is 0 Å². The Kier molecular flexibility index (Phi) is 2.07. The van der Waals surface area contributed by atoms with Crippen LogP contribution in [-0.4, -0.2) is 5.11 Å². The number of phenols is 1. The third-order valence-electron chi connectivity index (χ3n) is 2.21. The molecule has 2 aromatic carbocycles. The lowest BCUT2D eigenvalue weighted by Crippen LogP contribution is -2.05. The van der Waals surface area contributed by atoms with Crippen molar-refractivity contribution in [1.82, 2.24) is 0 Å². The lowest BCUT2D eigenvalue weighted by molar-refractivity contribution is -0.136.